The molecule has 0 aliphatic heterocycles. The predicted octanol–water partition coefficient (Wildman–Crippen LogP) is 5.97. The first-order chi connectivity index (χ1) is 18.2. The lowest BCUT2D eigenvalue weighted by Crippen LogP contribution is -2.60. The number of carbonyl (C=O) groups is 3. The SMILES string of the molecule is CCc1ccc(C(C(=O)NC(C)C)N(C(=O)C(Cc2ccccc2)NC(=O)OC(C)(C)C)C(C)(C)CC)cc1. The summed E-state index contributed by atoms with van der Waals surface area (Å²) < 4.78 is 5.52. The molecule has 0 radical (unpaired) electrons. The smallest absolute Gasteiger partial charge is 0.408 e. The minimum Gasteiger partial charge on any atom is -0.444 e. The van der Waals surface area contributed by atoms with E-state index in [1.807, 2.05) is 89.2 Å². The van der Waals surface area contributed by atoms with Crippen LogP contribution in [-0.4, -0.2) is 46.0 Å². The Morgan fingerprint density at radius 3 is 1.92 bits per heavy atom. The van der Waals surface area contributed by atoms with Crippen LogP contribution >= 0.6 is 0 Å². The summed E-state index contributed by atoms with van der Waals surface area (Å²) in [6.07, 6.45) is 1.04. The fraction of sp³-hybridized carbons (Fsp3) is 0.531. The van der Waals surface area contributed by atoms with Crippen LogP contribution in [0.4, 0.5) is 4.79 Å². The third-order valence-electron chi connectivity index (χ3n) is 6.67. The van der Waals surface area contributed by atoms with E-state index >= 15 is 0 Å². The van der Waals surface area contributed by atoms with Crippen LogP contribution in [-0.2, 0) is 27.2 Å². The highest BCUT2D eigenvalue weighted by molar-refractivity contribution is 5.93. The number of hydrogen-bond donors (Lipinski definition) is 2. The molecule has 0 spiro atoms. The molecule has 0 fully saturated rings. The molecule has 0 aliphatic carbocycles. The van der Waals surface area contributed by atoms with Gasteiger partial charge in [0, 0.05) is 18.0 Å². The molecule has 2 unspecified atom stereocenters. The number of nitrogens with one attached hydrogen (secondary N) is 2. The first-order valence-corrected chi connectivity index (χ1v) is 13.9. The number of aryl methyl sites for hydroxylation is 1. The summed E-state index contributed by atoms with van der Waals surface area (Å²) in [4.78, 5) is 42.9. The van der Waals surface area contributed by atoms with Gasteiger partial charge in [0.2, 0.25) is 11.8 Å². The van der Waals surface area contributed by atoms with E-state index in [9.17, 15) is 14.4 Å². The van der Waals surface area contributed by atoms with Gasteiger partial charge in [-0.1, -0.05) is 68.4 Å². The average Bonchev–Trinajstić information content (AvgIpc) is 2.85. The van der Waals surface area contributed by atoms with E-state index in [-0.39, 0.29) is 24.3 Å². The Kier molecular flexibility index (Phi) is 11.1. The van der Waals surface area contributed by atoms with E-state index < -0.39 is 29.3 Å². The average molecular weight is 538 g/mol. The maximum atomic E-state index is 14.6. The molecule has 214 valence electrons. The normalized spacial score (nSPS) is 13.4. The number of carbonyl (C=O) groups excluding carboxylic acids is 3. The van der Waals surface area contributed by atoms with Gasteiger partial charge in [0.15, 0.2) is 0 Å². The first kappa shape index (κ1) is 31.9. The molecule has 0 aliphatic rings. The second kappa shape index (κ2) is 13.6. The van der Waals surface area contributed by atoms with Crippen molar-refractivity contribution in [2.45, 2.75) is 111 Å². The van der Waals surface area contributed by atoms with Gasteiger partial charge in [-0.05, 0) is 78.0 Å². The number of amides is 3. The van der Waals surface area contributed by atoms with Gasteiger partial charge >= 0.3 is 6.09 Å². The lowest BCUT2D eigenvalue weighted by atomic mass is 9.90. The number of alkyl carbamates (subject to hydrolysis) is 1. The summed E-state index contributed by atoms with van der Waals surface area (Å²) in [7, 11) is 0. The van der Waals surface area contributed by atoms with E-state index in [1.54, 1.807) is 25.7 Å². The third-order valence-corrected chi connectivity index (χ3v) is 6.67. The van der Waals surface area contributed by atoms with Crippen LogP contribution in [0, 0.1) is 0 Å². The van der Waals surface area contributed by atoms with Crippen molar-refractivity contribution in [2.75, 3.05) is 0 Å². The highest BCUT2D eigenvalue weighted by Gasteiger charge is 2.43. The molecule has 2 N–H and O–H groups in total. The maximum Gasteiger partial charge on any atom is 0.408 e. The zero-order chi connectivity index (χ0) is 29.4. The Morgan fingerprint density at radius 1 is 0.846 bits per heavy atom. The van der Waals surface area contributed by atoms with Gasteiger partial charge in [-0.15, -0.1) is 0 Å². The molecule has 7 nitrogen and oxygen atoms in total. The molecule has 7 heteroatoms. The van der Waals surface area contributed by atoms with Crippen LogP contribution in [0.2, 0.25) is 0 Å². The van der Waals surface area contributed by atoms with Crippen LogP contribution in [0.15, 0.2) is 54.6 Å². The number of ether oxygens (including phenoxy) is 1. The molecule has 0 saturated carbocycles. The summed E-state index contributed by atoms with van der Waals surface area (Å²) in [6.45, 7) is 17.1. The second-order valence-corrected chi connectivity index (χ2v) is 11.9. The molecule has 2 atom stereocenters. The summed E-state index contributed by atoms with van der Waals surface area (Å²) >= 11 is 0. The van der Waals surface area contributed by atoms with E-state index in [2.05, 4.69) is 17.6 Å². The van der Waals surface area contributed by atoms with Gasteiger partial charge in [-0.2, -0.15) is 0 Å². The van der Waals surface area contributed by atoms with Gasteiger partial charge in [0.05, 0.1) is 0 Å². The number of rotatable bonds is 11. The highest BCUT2D eigenvalue weighted by Crippen LogP contribution is 2.33. The van der Waals surface area contributed by atoms with Crippen molar-refractivity contribution in [1.82, 2.24) is 15.5 Å². The molecule has 0 saturated heterocycles. The molecule has 2 aromatic rings. The van der Waals surface area contributed by atoms with Gasteiger partial charge in [-0.25, -0.2) is 4.79 Å². The third kappa shape index (κ3) is 9.41. The molecule has 0 aromatic heterocycles. The van der Waals surface area contributed by atoms with Crippen LogP contribution in [0.25, 0.3) is 0 Å². The molecule has 0 bridgehead atoms. The standard InChI is InChI=1S/C32H47N3O4/c1-10-23-17-19-25(20-18-23)27(28(36)33-22(3)4)35(32(8,9)11-2)29(37)26(21-24-15-13-12-14-16-24)34-30(38)39-31(5,6)7/h12-20,22,26-27H,10-11,21H2,1-9H3,(H,33,36)(H,34,38). The van der Waals surface area contributed by atoms with Crippen molar-refractivity contribution >= 4 is 17.9 Å². The fourth-order valence-corrected chi connectivity index (χ4v) is 4.33. The van der Waals surface area contributed by atoms with Gasteiger partial charge < -0.3 is 20.3 Å². The Labute approximate surface area is 234 Å². The number of benzene rings is 2. The van der Waals surface area contributed by atoms with Crippen molar-refractivity contribution in [1.29, 1.82) is 0 Å². The molecule has 39 heavy (non-hydrogen) atoms. The largest absolute Gasteiger partial charge is 0.444 e. The zero-order valence-corrected chi connectivity index (χ0v) is 25.1. The van der Waals surface area contributed by atoms with Crippen LogP contribution < -0.4 is 10.6 Å². The quantitative estimate of drug-likeness (QED) is 0.370. The van der Waals surface area contributed by atoms with E-state index in [0.29, 0.717) is 6.42 Å². The number of nitrogens with zero attached hydrogens (tertiary/aromatic N) is 1. The maximum absolute atomic E-state index is 14.6. The molecule has 0 heterocycles. The van der Waals surface area contributed by atoms with Crippen LogP contribution in [0.5, 0.6) is 0 Å². The van der Waals surface area contributed by atoms with E-state index in [1.165, 1.54) is 0 Å². The first-order valence-electron chi connectivity index (χ1n) is 13.9. The minimum absolute atomic E-state index is 0.114. The molecular formula is C32H47N3O4. The van der Waals surface area contributed by atoms with Gasteiger partial charge in [-0.3, -0.25) is 9.59 Å². The van der Waals surface area contributed by atoms with Crippen molar-refractivity contribution in [3.8, 4) is 0 Å². The van der Waals surface area contributed by atoms with Crippen molar-refractivity contribution in [2.24, 2.45) is 0 Å². The van der Waals surface area contributed by atoms with Crippen LogP contribution in [0.3, 0.4) is 0 Å². The summed E-state index contributed by atoms with van der Waals surface area (Å²) in [5.74, 6) is -0.611. The summed E-state index contributed by atoms with van der Waals surface area (Å²) in [5, 5.41) is 5.84. The zero-order valence-electron chi connectivity index (χ0n) is 25.1. The topological polar surface area (TPSA) is 87.7 Å². The fourth-order valence-electron chi connectivity index (χ4n) is 4.33. The van der Waals surface area contributed by atoms with E-state index in [4.69, 9.17) is 4.74 Å². The minimum atomic E-state index is -0.947. The van der Waals surface area contributed by atoms with Crippen molar-refractivity contribution < 1.29 is 19.1 Å². The monoisotopic (exact) mass is 537 g/mol. The van der Waals surface area contributed by atoms with Gasteiger partial charge in [0.25, 0.3) is 0 Å². The Bertz CT molecular complexity index is 1090. The second-order valence-electron chi connectivity index (χ2n) is 11.9. The lowest BCUT2D eigenvalue weighted by Gasteiger charge is -2.45. The van der Waals surface area contributed by atoms with Crippen molar-refractivity contribution in [3.63, 3.8) is 0 Å². The number of hydrogen-bond acceptors (Lipinski definition) is 4. The summed E-state index contributed by atoms with van der Waals surface area (Å²) in [6, 6.07) is 15.4. The molecule has 3 amide bonds. The Morgan fingerprint density at radius 2 is 1.44 bits per heavy atom. The van der Waals surface area contributed by atoms with Crippen LogP contribution in [0.1, 0.15) is 91.5 Å². The lowest BCUT2D eigenvalue weighted by molar-refractivity contribution is -0.149. The van der Waals surface area contributed by atoms with Gasteiger partial charge in [0.1, 0.15) is 17.7 Å². The van der Waals surface area contributed by atoms with Crippen molar-refractivity contribution in [3.05, 3.63) is 71.3 Å². The predicted molar refractivity (Wildman–Crippen MR) is 156 cm³/mol. The molecule has 2 rings (SSSR count). The molecular weight excluding hydrogens is 490 g/mol. The molecule has 2 aromatic carbocycles. The Hall–Kier alpha value is -3.35. The highest BCUT2D eigenvalue weighted by atomic mass is 16.6. The van der Waals surface area contributed by atoms with E-state index in [0.717, 1.165) is 23.1 Å². The Balaban J connectivity index is 2.64. The summed E-state index contributed by atoms with van der Waals surface area (Å²) in [5.41, 5.74) is 1.31.